The number of hydrogen-bond acceptors (Lipinski definition) is 2. The summed E-state index contributed by atoms with van der Waals surface area (Å²) in [6, 6.07) is 18.4. The molecule has 0 atom stereocenters. The van der Waals surface area contributed by atoms with Crippen LogP contribution in [0, 0.1) is 0 Å². The number of benzene rings is 2. The summed E-state index contributed by atoms with van der Waals surface area (Å²) in [6.45, 7) is 2.09. The summed E-state index contributed by atoms with van der Waals surface area (Å²) < 4.78 is 1.95. The Kier molecular flexibility index (Phi) is 3.79. The molecule has 0 spiro atoms. The first-order valence-corrected chi connectivity index (χ1v) is 8.32. The average molecular weight is 334 g/mol. The van der Waals surface area contributed by atoms with E-state index < -0.39 is 0 Å². The molecule has 0 saturated carbocycles. The molecule has 0 fully saturated rings. The second kappa shape index (κ2) is 6.10. The first kappa shape index (κ1) is 14.9. The first-order valence-electron chi connectivity index (χ1n) is 7.95. The van der Waals surface area contributed by atoms with Crippen LogP contribution in [0.25, 0.3) is 27.7 Å². The molecule has 3 nitrogen and oxygen atoms in total. The molecule has 4 aromatic rings. The van der Waals surface area contributed by atoms with Crippen LogP contribution < -0.4 is 0 Å². The van der Waals surface area contributed by atoms with Crippen molar-refractivity contribution in [2.45, 2.75) is 13.3 Å². The van der Waals surface area contributed by atoms with Gasteiger partial charge in [0.2, 0.25) is 0 Å². The minimum atomic E-state index is 0.502. The summed E-state index contributed by atoms with van der Waals surface area (Å²) in [5.41, 5.74) is 3.06. The van der Waals surface area contributed by atoms with Gasteiger partial charge in [0.05, 0.1) is 5.69 Å². The van der Waals surface area contributed by atoms with E-state index in [1.807, 2.05) is 41.1 Å². The van der Waals surface area contributed by atoms with Gasteiger partial charge in [-0.25, -0.2) is 9.97 Å². The van der Waals surface area contributed by atoms with E-state index in [9.17, 15) is 0 Å². The van der Waals surface area contributed by atoms with Gasteiger partial charge in [-0.3, -0.25) is 4.57 Å². The quantitative estimate of drug-likeness (QED) is 0.476. The minimum absolute atomic E-state index is 0.502. The van der Waals surface area contributed by atoms with Gasteiger partial charge in [0, 0.05) is 17.1 Å². The number of nitrogens with zero attached hydrogens (tertiary/aromatic N) is 3. The fourth-order valence-corrected chi connectivity index (χ4v) is 3.25. The molecule has 0 N–H and O–H groups in total. The average Bonchev–Trinajstić information content (AvgIpc) is 3.11. The second-order valence-electron chi connectivity index (χ2n) is 5.64. The van der Waals surface area contributed by atoms with Crippen molar-refractivity contribution in [1.29, 1.82) is 0 Å². The lowest BCUT2D eigenvalue weighted by Crippen LogP contribution is -1.99. The summed E-state index contributed by atoms with van der Waals surface area (Å²) in [5.74, 6) is 0.808. The molecule has 2 heterocycles. The van der Waals surface area contributed by atoms with Crippen molar-refractivity contribution in [3.8, 4) is 16.9 Å². The molecular formula is C20H16ClN3. The van der Waals surface area contributed by atoms with Crippen LogP contribution in [0.5, 0.6) is 0 Å². The van der Waals surface area contributed by atoms with E-state index in [-0.39, 0.29) is 0 Å². The lowest BCUT2D eigenvalue weighted by Gasteiger charge is -2.13. The van der Waals surface area contributed by atoms with Gasteiger partial charge in [-0.1, -0.05) is 73.1 Å². The van der Waals surface area contributed by atoms with Gasteiger partial charge in [0.1, 0.15) is 17.3 Å². The van der Waals surface area contributed by atoms with Crippen LogP contribution in [-0.2, 0) is 6.42 Å². The molecule has 118 valence electrons. The van der Waals surface area contributed by atoms with Crippen LogP contribution in [0.15, 0.2) is 67.1 Å². The van der Waals surface area contributed by atoms with Crippen LogP contribution in [0.4, 0.5) is 0 Å². The number of aromatic nitrogens is 3. The predicted octanol–water partition coefficient (Wildman–Crippen LogP) is 5.30. The smallest absolute Gasteiger partial charge is 0.147 e. The summed E-state index contributed by atoms with van der Waals surface area (Å²) in [6.07, 6.45) is 4.69. The third kappa shape index (κ3) is 2.47. The lowest BCUT2D eigenvalue weighted by atomic mass is 10.0. The summed E-state index contributed by atoms with van der Waals surface area (Å²) in [5, 5.41) is 2.65. The fraction of sp³-hybridized carbons (Fsp3) is 0.100. The van der Waals surface area contributed by atoms with Gasteiger partial charge >= 0.3 is 0 Å². The van der Waals surface area contributed by atoms with E-state index in [0.29, 0.717) is 5.15 Å². The molecule has 2 aromatic carbocycles. The van der Waals surface area contributed by atoms with E-state index in [1.54, 1.807) is 6.33 Å². The van der Waals surface area contributed by atoms with Gasteiger partial charge in [0.15, 0.2) is 0 Å². The zero-order valence-corrected chi connectivity index (χ0v) is 14.0. The third-order valence-electron chi connectivity index (χ3n) is 4.15. The van der Waals surface area contributed by atoms with Crippen molar-refractivity contribution in [2.75, 3.05) is 0 Å². The Morgan fingerprint density at radius 1 is 0.958 bits per heavy atom. The lowest BCUT2D eigenvalue weighted by molar-refractivity contribution is 1.01. The molecule has 0 radical (unpaired) electrons. The summed E-state index contributed by atoms with van der Waals surface area (Å²) >= 11 is 6.59. The molecule has 4 heteroatoms. The molecule has 4 rings (SSSR count). The van der Waals surface area contributed by atoms with E-state index in [4.69, 9.17) is 11.6 Å². The maximum absolute atomic E-state index is 6.59. The van der Waals surface area contributed by atoms with E-state index in [1.165, 1.54) is 0 Å². The van der Waals surface area contributed by atoms with Crippen LogP contribution in [0.1, 0.15) is 12.6 Å². The maximum Gasteiger partial charge on any atom is 0.147 e. The Morgan fingerprint density at radius 2 is 1.67 bits per heavy atom. The molecule has 0 aliphatic carbocycles. The summed E-state index contributed by atoms with van der Waals surface area (Å²) in [7, 11) is 0. The number of imidazole rings is 1. The predicted molar refractivity (Wildman–Crippen MR) is 98.7 cm³/mol. The van der Waals surface area contributed by atoms with Crippen LogP contribution in [0.2, 0.25) is 5.15 Å². The number of pyridine rings is 1. The fourth-order valence-electron chi connectivity index (χ4n) is 2.95. The number of fused-ring (bicyclic) bond motifs is 1. The number of halogens is 1. The van der Waals surface area contributed by atoms with Gasteiger partial charge in [-0.2, -0.15) is 0 Å². The standard InChI is InChI=1S/C20H16ClN3/c1-2-15-12-24(13-22-15)20-17-11-7-6-10-16(17)18(19(21)23-20)14-8-4-3-5-9-14/h3-13H,2H2,1H3. The van der Waals surface area contributed by atoms with Crippen molar-refractivity contribution in [1.82, 2.24) is 14.5 Å². The summed E-state index contributed by atoms with van der Waals surface area (Å²) in [4.78, 5) is 9.09. The zero-order chi connectivity index (χ0) is 16.5. The Labute approximate surface area is 145 Å². The second-order valence-corrected chi connectivity index (χ2v) is 6.00. The monoisotopic (exact) mass is 333 g/mol. The normalized spacial score (nSPS) is 11.1. The van der Waals surface area contributed by atoms with Crippen molar-refractivity contribution in [2.24, 2.45) is 0 Å². The molecule has 0 aliphatic rings. The number of rotatable bonds is 3. The molecule has 24 heavy (non-hydrogen) atoms. The molecule has 0 amide bonds. The largest absolute Gasteiger partial charge is 0.290 e. The highest BCUT2D eigenvalue weighted by molar-refractivity contribution is 6.34. The highest BCUT2D eigenvalue weighted by atomic mass is 35.5. The van der Waals surface area contributed by atoms with E-state index in [0.717, 1.165) is 39.8 Å². The van der Waals surface area contributed by atoms with E-state index in [2.05, 4.69) is 41.2 Å². The van der Waals surface area contributed by atoms with Gasteiger partial charge < -0.3 is 0 Å². The van der Waals surface area contributed by atoms with Crippen molar-refractivity contribution in [3.63, 3.8) is 0 Å². The molecule has 2 aromatic heterocycles. The molecule has 0 saturated heterocycles. The minimum Gasteiger partial charge on any atom is -0.290 e. The zero-order valence-electron chi connectivity index (χ0n) is 13.3. The van der Waals surface area contributed by atoms with E-state index >= 15 is 0 Å². The molecular weight excluding hydrogens is 318 g/mol. The topological polar surface area (TPSA) is 30.7 Å². The number of hydrogen-bond donors (Lipinski definition) is 0. The molecule has 0 unspecified atom stereocenters. The van der Waals surface area contributed by atoms with Crippen molar-refractivity contribution in [3.05, 3.63) is 78.0 Å². The Hall–Kier alpha value is -2.65. The Bertz CT molecular complexity index is 1010. The Balaban J connectivity index is 2.02. The SMILES string of the molecule is CCc1cn(-c2nc(Cl)c(-c3ccccc3)c3ccccc23)cn1. The Morgan fingerprint density at radius 3 is 2.38 bits per heavy atom. The first-order chi connectivity index (χ1) is 11.8. The van der Waals surface area contributed by atoms with Crippen LogP contribution >= 0.6 is 11.6 Å². The van der Waals surface area contributed by atoms with Gasteiger partial charge in [0.25, 0.3) is 0 Å². The van der Waals surface area contributed by atoms with Crippen LogP contribution in [0.3, 0.4) is 0 Å². The van der Waals surface area contributed by atoms with Crippen molar-refractivity contribution >= 4 is 22.4 Å². The van der Waals surface area contributed by atoms with Crippen molar-refractivity contribution < 1.29 is 0 Å². The number of aryl methyl sites for hydroxylation is 1. The maximum atomic E-state index is 6.59. The molecule has 0 aliphatic heterocycles. The molecule has 0 bridgehead atoms. The third-order valence-corrected chi connectivity index (χ3v) is 4.43. The highest BCUT2D eigenvalue weighted by Gasteiger charge is 2.15. The van der Waals surface area contributed by atoms with Gasteiger partial charge in [-0.05, 0) is 17.4 Å². The van der Waals surface area contributed by atoms with Crippen LogP contribution in [-0.4, -0.2) is 14.5 Å². The highest BCUT2D eigenvalue weighted by Crippen LogP contribution is 2.36. The van der Waals surface area contributed by atoms with Gasteiger partial charge in [-0.15, -0.1) is 0 Å².